The number of aromatic amines is 1. The first-order chi connectivity index (χ1) is 7.58. The molecule has 0 aliphatic heterocycles. The number of H-pyrrole nitrogens is 1. The zero-order chi connectivity index (χ0) is 11.6. The van der Waals surface area contributed by atoms with E-state index >= 15 is 0 Å². The maximum Gasteiger partial charge on any atom is 0.280 e. The highest BCUT2D eigenvalue weighted by Crippen LogP contribution is 2.11. The Morgan fingerprint density at radius 2 is 2.25 bits per heavy atom. The molecule has 7 heteroatoms. The fourth-order valence-corrected chi connectivity index (χ4v) is 2.08. The van der Waals surface area contributed by atoms with Crippen molar-refractivity contribution in [2.75, 3.05) is 4.72 Å². The highest BCUT2D eigenvalue weighted by molar-refractivity contribution is 7.92. The molecule has 0 aromatic carbocycles. The lowest BCUT2D eigenvalue weighted by Crippen LogP contribution is -2.14. The third-order valence-electron chi connectivity index (χ3n) is 1.92. The number of anilines is 1. The van der Waals surface area contributed by atoms with E-state index in [2.05, 4.69) is 19.7 Å². The van der Waals surface area contributed by atoms with E-state index in [1.54, 1.807) is 18.3 Å². The van der Waals surface area contributed by atoms with E-state index in [1.807, 2.05) is 6.92 Å². The van der Waals surface area contributed by atoms with Crippen LogP contribution in [0.25, 0.3) is 0 Å². The SMILES string of the molecule is Cc1ccnc(NS(=O)(=O)c2cnc[nH]2)c1. The summed E-state index contributed by atoms with van der Waals surface area (Å²) in [4.78, 5) is 10.1. The van der Waals surface area contributed by atoms with E-state index in [0.717, 1.165) is 5.56 Å². The monoisotopic (exact) mass is 238 g/mol. The number of hydrogen-bond acceptors (Lipinski definition) is 4. The van der Waals surface area contributed by atoms with Crippen molar-refractivity contribution in [2.24, 2.45) is 0 Å². The Kier molecular flexibility index (Phi) is 2.61. The van der Waals surface area contributed by atoms with E-state index in [9.17, 15) is 8.42 Å². The van der Waals surface area contributed by atoms with Gasteiger partial charge >= 0.3 is 0 Å². The van der Waals surface area contributed by atoms with E-state index < -0.39 is 10.0 Å². The summed E-state index contributed by atoms with van der Waals surface area (Å²) in [6.07, 6.45) is 4.08. The van der Waals surface area contributed by atoms with Gasteiger partial charge in [-0.3, -0.25) is 4.72 Å². The van der Waals surface area contributed by atoms with Crippen LogP contribution in [0.15, 0.2) is 35.9 Å². The third-order valence-corrected chi connectivity index (χ3v) is 3.20. The molecule has 0 unspecified atom stereocenters. The van der Waals surface area contributed by atoms with Gasteiger partial charge in [-0.2, -0.15) is 8.42 Å². The molecule has 84 valence electrons. The Morgan fingerprint density at radius 3 is 2.88 bits per heavy atom. The van der Waals surface area contributed by atoms with Crippen molar-refractivity contribution in [3.05, 3.63) is 36.4 Å². The lowest BCUT2D eigenvalue weighted by atomic mass is 10.3. The lowest BCUT2D eigenvalue weighted by molar-refractivity contribution is 0.598. The van der Waals surface area contributed by atoms with Crippen molar-refractivity contribution in [2.45, 2.75) is 11.9 Å². The molecule has 2 heterocycles. The number of nitrogens with zero attached hydrogens (tertiary/aromatic N) is 2. The minimum absolute atomic E-state index is 0.0100. The summed E-state index contributed by atoms with van der Waals surface area (Å²) in [5.41, 5.74) is 0.928. The topological polar surface area (TPSA) is 87.7 Å². The molecular weight excluding hydrogens is 228 g/mol. The summed E-state index contributed by atoms with van der Waals surface area (Å²) >= 11 is 0. The van der Waals surface area contributed by atoms with Crippen molar-refractivity contribution >= 4 is 15.8 Å². The molecule has 0 spiro atoms. The summed E-state index contributed by atoms with van der Waals surface area (Å²) in [6, 6.07) is 3.43. The summed E-state index contributed by atoms with van der Waals surface area (Å²) < 4.78 is 25.9. The van der Waals surface area contributed by atoms with Gasteiger partial charge in [0, 0.05) is 6.20 Å². The van der Waals surface area contributed by atoms with Gasteiger partial charge in [-0.15, -0.1) is 0 Å². The van der Waals surface area contributed by atoms with Crippen molar-refractivity contribution in [1.82, 2.24) is 15.0 Å². The Labute approximate surface area is 92.8 Å². The average Bonchev–Trinajstić information content (AvgIpc) is 2.69. The molecule has 6 nitrogen and oxygen atoms in total. The van der Waals surface area contributed by atoms with E-state index in [4.69, 9.17) is 0 Å². The zero-order valence-electron chi connectivity index (χ0n) is 8.51. The normalized spacial score (nSPS) is 11.3. The van der Waals surface area contributed by atoms with Gasteiger partial charge in [0.1, 0.15) is 5.82 Å². The lowest BCUT2D eigenvalue weighted by Gasteiger charge is -2.05. The Morgan fingerprint density at radius 1 is 1.44 bits per heavy atom. The van der Waals surface area contributed by atoms with Gasteiger partial charge < -0.3 is 4.98 Å². The van der Waals surface area contributed by atoms with Crippen LogP contribution in [0.5, 0.6) is 0 Å². The van der Waals surface area contributed by atoms with E-state index in [-0.39, 0.29) is 10.8 Å². The van der Waals surface area contributed by atoms with Crippen LogP contribution in [-0.4, -0.2) is 23.4 Å². The Balaban J connectivity index is 2.29. The van der Waals surface area contributed by atoms with Gasteiger partial charge in [-0.05, 0) is 24.6 Å². The van der Waals surface area contributed by atoms with Gasteiger partial charge in [-0.25, -0.2) is 9.97 Å². The fraction of sp³-hybridized carbons (Fsp3) is 0.111. The molecule has 0 aliphatic carbocycles. The highest BCUT2D eigenvalue weighted by atomic mass is 32.2. The fourth-order valence-electron chi connectivity index (χ4n) is 1.17. The predicted molar refractivity (Wildman–Crippen MR) is 58.4 cm³/mol. The molecule has 0 fully saturated rings. The van der Waals surface area contributed by atoms with Crippen LogP contribution in [0, 0.1) is 6.92 Å². The molecule has 2 rings (SSSR count). The van der Waals surface area contributed by atoms with Crippen LogP contribution >= 0.6 is 0 Å². The first-order valence-corrected chi connectivity index (χ1v) is 6.00. The number of aromatic nitrogens is 3. The molecule has 0 saturated carbocycles. The molecule has 0 aliphatic rings. The van der Waals surface area contributed by atoms with Crippen LogP contribution in [0.1, 0.15) is 5.56 Å². The number of nitrogens with one attached hydrogen (secondary N) is 2. The zero-order valence-corrected chi connectivity index (χ0v) is 9.32. The largest absolute Gasteiger partial charge is 0.334 e. The van der Waals surface area contributed by atoms with Crippen LogP contribution in [-0.2, 0) is 10.0 Å². The van der Waals surface area contributed by atoms with Gasteiger partial charge in [0.15, 0.2) is 5.03 Å². The van der Waals surface area contributed by atoms with Gasteiger partial charge in [0.05, 0.1) is 12.5 Å². The Bertz CT molecular complexity index is 577. The molecule has 2 N–H and O–H groups in total. The molecule has 0 bridgehead atoms. The minimum atomic E-state index is -3.62. The van der Waals surface area contributed by atoms with E-state index in [1.165, 1.54) is 12.5 Å². The number of imidazole rings is 1. The van der Waals surface area contributed by atoms with Crippen molar-refractivity contribution in [3.8, 4) is 0 Å². The van der Waals surface area contributed by atoms with Crippen molar-refractivity contribution < 1.29 is 8.42 Å². The summed E-state index contributed by atoms with van der Waals surface area (Å²) in [7, 11) is -3.62. The van der Waals surface area contributed by atoms with Crippen LogP contribution in [0.3, 0.4) is 0 Å². The molecule has 2 aromatic rings. The average molecular weight is 238 g/mol. The van der Waals surface area contributed by atoms with Crippen LogP contribution in [0.4, 0.5) is 5.82 Å². The van der Waals surface area contributed by atoms with Crippen LogP contribution < -0.4 is 4.72 Å². The first kappa shape index (κ1) is 10.6. The first-order valence-electron chi connectivity index (χ1n) is 4.52. The number of hydrogen-bond donors (Lipinski definition) is 2. The quantitative estimate of drug-likeness (QED) is 0.832. The molecule has 0 saturated heterocycles. The molecular formula is C9H10N4O2S. The van der Waals surface area contributed by atoms with Crippen molar-refractivity contribution in [3.63, 3.8) is 0 Å². The number of sulfonamides is 1. The summed E-state index contributed by atoms with van der Waals surface area (Å²) in [6.45, 7) is 1.86. The van der Waals surface area contributed by atoms with E-state index in [0.29, 0.717) is 0 Å². The highest BCUT2D eigenvalue weighted by Gasteiger charge is 2.15. The third kappa shape index (κ3) is 2.19. The second-order valence-corrected chi connectivity index (χ2v) is 4.89. The minimum Gasteiger partial charge on any atom is -0.334 e. The smallest absolute Gasteiger partial charge is 0.280 e. The molecule has 0 radical (unpaired) electrons. The van der Waals surface area contributed by atoms with Gasteiger partial charge in [0.25, 0.3) is 10.0 Å². The molecule has 0 atom stereocenters. The molecule has 0 amide bonds. The Hall–Kier alpha value is -1.89. The number of rotatable bonds is 3. The maximum atomic E-state index is 11.8. The van der Waals surface area contributed by atoms with Crippen molar-refractivity contribution in [1.29, 1.82) is 0 Å². The van der Waals surface area contributed by atoms with Gasteiger partial charge in [0.2, 0.25) is 0 Å². The predicted octanol–water partition coefficient (Wildman–Crippen LogP) is 0.914. The number of pyridine rings is 1. The molecule has 2 aromatic heterocycles. The van der Waals surface area contributed by atoms with Crippen LogP contribution in [0.2, 0.25) is 0 Å². The maximum absolute atomic E-state index is 11.8. The second kappa shape index (κ2) is 3.93. The standard InChI is InChI=1S/C9H10N4O2S/c1-7-2-3-11-8(4-7)13-16(14,15)9-5-10-6-12-9/h2-6H,1H3,(H,10,12)(H,11,13). The van der Waals surface area contributed by atoms with Gasteiger partial charge in [-0.1, -0.05) is 0 Å². The second-order valence-electron chi connectivity index (χ2n) is 3.24. The number of aryl methyl sites for hydroxylation is 1. The summed E-state index contributed by atoms with van der Waals surface area (Å²) in [5.74, 6) is 0.287. The summed E-state index contributed by atoms with van der Waals surface area (Å²) in [5, 5.41) is 0.0100. The molecule has 16 heavy (non-hydrogen) atoms.